The standard InChI is InChI=1S/C15H18N2O7/c1-4-16(5-2)13(18)9-24-15(20)11-6-10(14(19)23-3)7-12(8-11)17(21)22/h6-8H,4-5,9H2,1-3H3. The molecule has 0 saturated carbocycles. The Morgan fingerprint density at radius 2 is 1.62 bits per heavy atom. The number of nitrogens with zero attached hydrogens (tertiary/aromatic N) is 2. The summed E-state index contributed by atoms with van der Waals surface area (Å²) >= 11 is 0. The Kier molecular flexibility index (Phi) is 6.84. The monoisotopic (exact) mass is 338 g/mol. The predicted octanol–water partition coefficient (Wildman–Crippen LogP) is 1.41. The summed E-state index contributed by atoms with van der Waals surface area (Å²) in [7, 11) is 1.11. The van der Waals surface area contributed by atoms with E-state index in [1.165, 1.54) is 4.90 Å². The van der Waals surface area contributed by atoms with Gasteiger partial charge in [-0.25, -0.2) is 9.59 Å². The molecule has 0 aromatic heterocycles. The molecule has 24 heavy (non-hydrogen) atoms. The molecule has 0 radical (unpaired) electrons. The van der Waals surface area contributed by atoms with Crippen LogP contribution in [0.1, 0.15) is 34.6 Å². The van der Waals surface area contributed by atoms with Crippen LogP contribution in [0.5, 0.6) is 0 Å². The number of carbonyl (C=O) groups is 3. The van der Waals surface area contributed by atoms with E-state index in [1.54, 1.807) is 13.8 Å². The van der Waals surface area contributed by atoms with Gasteiger partial charge in [-0.15, -0.1) is 0 Å². The first kappa shape index (κ1) is 19.1. The van der Waals surface area contributed by atoms with Crippen molar-refractivity contribution in [3.63, 3.8) is 0 Å². The van der Waals surface area contributed by atoms with E-state index < -0.39 is 29.2 Å². The van der Waals surface area contributed by atoms with Crippen molar-refractivity contribution in [3.05, 3.63) is 39.4 Å². The highest BCUT2D eigenvalue weighted by Crippen LogP contribution is 2.19. The van der Waals surface area contributed by atoms with E-state index in [0.29, 0.717) is 13.1 Å². The molecule has 0 saturated heterocycles. The average molecular weight is 338 g/mol. The summed E-state index contributed by atoms with van der Waals surface area (Å²) in [5.74, 6) is -2.15. The number of benzene rings is 1. The van der Waals surface area contributed by atoms with Crippen LogP contribution in [0.3, 0.4) is 0 Å². The molecule has 1 aromatic carbocycles. The topological polar surface area (TPSA) is 116 Å². The molecule has 9 nitrogen and oxygen atoms in total. The maximum absolute atomic E-state index is 12.0. The summed E-state index contributed by atoms with van der Waals surface area (Å²) in [5, 5.41) is 10.9. The first-order valence-electron chi connectivity index (χ1n) is 7.16. The lowest BCUT2D eigenvalue weighted by atomic mass is 10.1. The van der Waals surface area contributed by atoms with Crippen molar-refractivity contribution in [1.29, 1.82) is 0 Å². The first-order chi connectivity index (χ1) is 11.3. The highest BCUT2D eigenvalue weighted by Gasteiger charge is 2.20. The van der Waals surface area contributed by atoms with E-state index in [0.717, 1.165) is 25.3 Å². The summed E-state index contributed by atoms with van der Waals surface area (Å²) in [6.45, 7) is 4.02. The Hall–Kier alpha value is -2.97. The normalized spacial score (nSPS) is 9.96. The molecule has 0 bridgehead atoms. The van der Waals surface area contributed by atoms with Gasteiger partial charge >= 0.3 is 11.9 Å². The van der Waals surface area contributed by atoms with E-state index >= 15 is 0 Å². The Morgan fingerprint density at radius 3 is 2.08 bits per heavy atom. The molecule has 0 aliphatic heterocycles. The molecule has 0 aliphatic carbocycles. The van der Waals surface area contributed by atoms with Crippen LogP contribution in [0.4, 0.5) is 5.69 Å². The fraction of sp³-hybridized carbons (Fsp3) is 0.400. The lowest BCUT2D eigenvalue weighted by Gasteiger charge is -2.18. The number of hydrogen-bond donors (Lipinski definition) is 0. The zero-order chi connectivity index (χ0) is 18.3. The maximum atomic E-state index is 12.0. The van der Waals surface area contributed by atoms with Crippen molar-refractivity contribution in [2.75, 3.05) is 26.8 Å². The third kappa shape index (κ3) is 4.77. The second-order valence-corrected chi connectivity index (χ2v) is 4.66. The van der Waals surface area contributed by atoms with Gasteiger partial charge in [0.15, 0.2) is 6.61 Å². The average Bonchev–Trinajstić information content (AvgIpc) is 2.59. The van der Waals surface area contributed by atoms with Crippen LogP contribution < -0.4 is 0 Å². The number of nitro groups is 1. The van der Waals surface area contributed by atoms with Gasteiger partial charge in [-0.3, -0.25) is 14.9 Å². The number of likely N-dealkylation sites (N-methyl/N-ethyl adjacent to an activating group) is 1. The van der Waals surface area contributed by atoms with E-state index in [1.807, 2.05) is 0 Å². The molecule has 1 amide bonds. The minimum absolute atomic E-state index is 0.159. The summed E-state index contributed by atoms with van der Waals surface area (Å²) < 4.78 is 9.36. The van der Waals surface area contributed by atoms with E-state index in [-0.39, 0.29) is 17.0 Å². The lowest BCUT2D eigenvalue weighted by molar-refractivity contribution is -0.384. The number of non-ortho nitro benzene ring substituents is 1. The van der Waals surface area contributed by atoms with Crippen LogP contribution in [0.2, 0.25) is 0 Å². The number of rotatable bonds is 7. The van der Waals surface area contributed by atoms with Crippen LogP contribution >= 0.6 is 0 Å². The van der Waals surface area contributed by atoms with Crippen molar-refractivity contribution >= 4 is 23.5 Å². The van der Waals surface area contributed by atoms with E-state index in [9.17, 15) is 24.5 Å². The molecular weight excluding hydrogens is 320 g/mol. The number of methoxy groups -OCH3 is 1. The number of carbonyl (C=O) groups excluding carboxylic acids is 3. The van der Waals surface area contributed by atoms with Gasteiger partial charge in [0.1, 0.15) is 0 Å². The molecule has 1 rings (SSSR count). The molecule has 0 heterocycles. The minimum Gasteiger partial charge on any atom is -0.465 e. The number of nitro benzene ring substituents is 1. The summed E-state index contributed by atoms with van der Waals surface area (Å²) in [4.78, 5) is 47.0. The van der Waals surface area contributed by atoms with Crippen molar-refractivity contribution in [3.8, 4) is 0 Å². The van der Waals surface area contributed by atoms with Crippen LogP contribution in [0, 0.1) is 10.1 Å². The third-order valence-corrected chi connectivity index (χ3v) is 3.23. The third-order valence-electron chi connectivity index (χ3n) is 3.23. The van der Waals surface area contributed by atoms with Gasteiger partial charge < -0.3 is 14.4 Å². The van der Waals surface area contributed by atoms with Crippen LogP contribution in [-0.4, -0.2) is 54.5 Å². The molecule has 1 aromatic rings. The number of hydrogen-bond acceptors (Lipinski definition) is 7. The fourth-order valence-corrected chi connectivity index (χ4v) is 1.95. The van der Waals surface area contributed by atoms with E-state index in [2.05, 4.69) is 4.74 Å². The predicted molar refractivity (Wildman–Crippen MR) is 82.6 cm³/mol. The summed E-state index contributed by atoms with van der Waals surface area (Å²) in [5.41, 5.74) is -0.828. The zero-order valence-electron chi connectivity index (χ0n) is 13.6. The molecule has 0 fully saturated rings. The van der Waals surface area contributed by atoms with Crippen molar-refractivity contribution in [2.24, 2.45) is 0 Å². The van der Waals surface area contributed by atoms with Gasteiger partial charge in [0.25, 0.3) is 11.6 Å². The second-order valence-electron chi connectivity index (χ2n) is 4.66. The number of esters is 2. The fourth-order valence-electron chi connectivity index (χ4n) is 1.95. The van der Waals surface area contributed by atoms with Crippen molar-refractivity contribution in [2.45, 2.75) is 13.8 Å². The summed E-state index contributed by atoms with van der Waals surface area (Å²) in [6.07, 6.45) is 0. The molecular formula is C15H18N2O7. The minimum atomic E-state index is -0.940. The molecule has 0 unspecified atom stereocenters. The largest absolute Gasteiger partial charge is 0.465 e. The Labute approximate surface area is 138 Å². The molecule has 9 heteroatoms. The highest BCUT2D eigenvalue weighted by molar-refractivity contribution is 5.97. The maximum Gasteiger partial charge on any atom is 0.338 e. The smallest absolute Gasteiger partial charge is 0.338 e. The van der Waals surface area contributed by atoms with Crippen molar-refractivity contribution < 1.29 is 28.8 Å². The SMILES string of the molecule is CCN(CC)C(=O)COC(=O)c1cc(C(=O)OC)cc([N+](=O)[O-])c1. The number of amides is 1. The molecule has 0 atom stereocenters. The highest BCUT2D eigenvalue weighted by atomic mass is 16.6. The van der Waals surface area contributed by atoms with Gasteiger partial charge in [0.05, 0.1) is 23.2 Å². The summed E-state index contributed by atoms with van der Waals surface area (Å²) in [6, 6.07) is 3.07. The Bertz CT molecular complexity index is 653. The lowest BCUT2D eigenvalue weighted by Crippen LogP contribution is -2.34. The Morgan fingerprint density at radius 1 is 1.08 bits per heavy atom. The first-order valence-corrected chi connectivity index (χ1v) is 7.16. The van der Waals surface area contributed by atoms with Crippen LogP contribution in [0.25, 0.3) is 0 Å². The van der Waals surface area contributed by atoms with Crippen LogP contribution in [0.15, 0.2) is 18.2 Å². The Balaban J connectivity index is 2.97. The molecule has 130 valence electrons. The molecule has 0 N–H and O–H groups in total. The number of ether oxygens (including phenoxy) is 2. The quantitative estimate of drug-likeness (QED) is 0.419. The van der Waals surface area contributed by atoms with Gasteiger partial charge in [0, 0.05) is 25.2 Å². The zero-order valence-corrected chi connectivity index (χ0v) is 13.6. The van der Waals surface area contributed by atoms with E-state index in [4.69, 9.17) is 4.74 Å². The van der Waals surface area contributed by atoms with Gasteiger partial charge in [0.2, 0.25) is 0 Å². The molecule has 0 aliphatic rings. The van der Waals surface area contributed by atoms with Gasteiger partial charge in [-0.2, -0.15) is 0 Å². The second kappa shape index (κ2) is 8.61. The van der Waals surface area contributed by atoms with Crippen molar-refractivity contribution in [1.82, 2.24) is 4.90 Å². The van der Waals surface area contributed by atoms with Crippen LogP contribution in [-0.2, 0) is 14.3 Å². The molecule has 0 spiro atoms. The van der Waals surface area contributed by atoms with Gasteiger partial charge in [-0.05, 0) is 19.9 Å². The van der Waals surface area contributed by atoms with Gasteiger partial charge in [-0.1, -0.05) is 0 Å².